The number of para-hydroxylation sites is 1. The van der Waals surface area contributed by atoms with E-state index >= 15 is 0 Å². The van der Waals surface area contributed by atoms with E-state index in [4.69, 9.17) is 0 Å². The highest BCUT2D eigenvalue weighted by molar-refractivity contribution is 5.97. The topological polar surface area (TPSA) is 102 Å². The summed E-state index contributed by atoms with van der Waals surface area (Å²) in [5.74, 6) is -0.373. The molecule has 7 heteroatoms. The van der Waals surface area contributed by atoms with E-state index in [9.17, 15) is 19.8 Å². The van der Waals surface area contributed by atoms with Crippen molar-refractivity contribution in [1.29, 1.82) is 0 Å². The first-order valence-electron chi connectivity index (χ1n) is 9.82. The van der Waals surface area contributed by atoms with Crippen molar-refractivity contribution in [2.24, 2.45) is 0 Å². The van der Waals surface area contributed by atoms with Crippen LogP contribution in [0.1, 0.15) is 45.1 Å². The SMILES string of the molecule is CC(C)=CCC1(O)Nc2ccccc2C1(O)C[C@@H]1NC(=O)[C@@H]2CCCN2C1=O. The lowest BCUT2D eigenvalue weighted by Gasteiger charge is -2.42. The van der Waals surface area contributed by atoms with Gasteiger partial charge < -0.3 is 25.7 Å². The maximum absolute atomic E-state index is 13.0. The van der Waals surface area contributed by atoms with Crippen molar-refractivity contribution in [3.8, 4) is 0 Å². The quantitative estimate of drug-likeness (QED) is 0.584. The van der Waals surface area contributed by atoms with Crippen molar-refractivity contribution >= 4 is 17.5 Å². The van der Waals surface area contributed by atoms with Gasteiger partial charge in [0.05, 0.1) is 0 Å². The van der Waals surface area contributed by atoms with Crippen molar-refractivity contribution in [2.45, 2.75) is 62.9 Å². The summed E-state index contributed by atoms with van der Waals surface area (Å²) < 4.78 is 0. The molecule has 0 spiro atoms. The molecule has 0 aromatic heterocycles. The van der Waals surface area contributed by atoms with Gasteiger partial charge in [0.25, 0.3) is 0 Å². The Labute approximate surface area is 164 Å². The number of fused-ring (bicyclic) bond motifs is 2. The molecule has 0 saturated carbocycles. The molecule has 3 heterocycles. The molecule has 3 aliphatic rings. The maximum Gasteiger partial charge on any atom is 0.245 e. The zero-order valence-electron chi connectivity index (χ0n) is 16.2. The molecule has 1 aromatic rings. The summed E-state index contributed by atoms with van der Waals surface area (Å²) in [6, 6.07) is 5.86. The molecule has 28 heavy (non-hydrogen) atoms. The van der Waals surface area contributed by atoms with Crippen molar-refractivity contribution in [1.82, 2.24) is 10.2 Å². The summed E-state index contributed by atoms with van der Waals surface area (Å²) >= 11 is 0. The van der Waals surface area contributed by atoms with E-state index in [1.807, 2.05) is 26.0 Å². The fourth-order valence-corrected chi connectivity index (χ4v) is 4.62. The van der Waals surface area contributed by atoms with Crippen LogP contribution in [-0.2, 0) is 15.2 Å². The molecule has 0 radical (unpaired) electrons. The number of amides is 2. The summed E-state index contributed by atoms with van der Waals surface area (Å²) in [6.45, 7) is 4.40. The maximum atomic E-state index is 13.0. The lowest BCUT2D eigenvalue weighted by atomic mass is 9.78. The highest BCUT2D eigenvalue weighted by Crippen LogP contribution is 2.49. The summed E-state index contributed by atoms with van der Waals surface area (Å²) in [4.78, 5) is 27.0. The molecule has 0 aliphatic carbocycles. The molecule has 4 rings (SSSR count). The van der Waals surface area contributed by atoms with Crippen LogP contribution in [0, 0.1) is 0 Å². The number of rotatable bonds is 4. The highest BCUT2D eigenvalue weighted by Gasteiger charge is 2.58. The third-order valence-electron chi connectivity index (χ3n) is 6.16. The second-order valence-corrected chi connectivity index (χ2v) is 8.33. The van der Waals surface area contributed by atoms with Gasteiger partial charge in [0.2, 0.25) is 11.8 Å². The molecule has 2 fully saturated rings. The van der Waals surface area contributed by atoms with E-state index in [1.165, 1.54) is 0 Å². The van der Waals surface area contributed by atoms with Crippen LogP contribution in [0.15, 0.2) is 35.9 Å². The zero-order chi connectivity index (χ0) is 20.1. The number of aliphatic hydroxyl groups is 2. The van der Waals surface area contributed by atoms with Crippen LogP contribution < -0.4 is 10.6 Å². The van der Waals surface area contributed by atoms with Gasteiger partial charge in [-0.15, -0.1) is 0 Å². The predicted molar refractivity (Wildman–Crippen MR) is 104 cm³/mol. The van der Waals surface area contributed by atoms with Crippen LogP contribution in [-0.4, -0.2) is 51.3 Å². The van der Waals surface area contributed by atoms with Gasteiger partial charge >= 0.3 is 0 Å². The Kier molecular flexibility index (Phi) is 4.47. The monoisotopic (exact) mass is 385 g/mol. The normalized spacial score (nSPS) is 33.8. The van der Waals surface area contributed by atoms with E-state index in [2.05, 4.69) is 10.6 Å². The van der Waals surface area contributed by atoms with Crippen molar-refractivity contribution in [2.75, 3.05) is 11.9 Å². The molecule has 2 saturated heterocycles. The summed E-state index contributed by atoms with van der Waals surface area (Å²) in [5, 5.41) is 28.9. The standard InChI is InChI=1S/C21H27N3O4/c1-13(2)9-10-21(28)20(27,14-6-3-4-7-15(14)23-21)12-16-19(26)24-11-5-8-17(24)18(25)22-16/h3-4,6-7,9,16-17,23,27-28H,5,8,10-12H2,1-2H3,(H,22,25)/t16-,17-,20?,21?/m0/s1. The highest BCUT2D eigenvalue weighted by atomic mass is 16.4. The van der Waals surface area contributed by atoms with Crippen molar-refractivity contribution in [3.05, 3.63) is 41.5 Å². The predicted octanol–water partition coefficient (Wildman–Crippen LogP) is 1.22. The summed E-state index contributed by atoms with van der Waals surface area (Å²) in [6.07, 6.45) is 3.39. The minimum atomic E-state index is -1.73. The molecule has 0 bridgehead atoms. The Morgan fingerprint density at radius 2 is 2.04 bits per heavy atom. The molecular weight excluding hydrogens is 358 g/mol. The molecule has 1 aromatic carbocycles. The molecule has 150 valence electrons. The summed E-state index contributed by atoms with van der Waals surface area (Å²) in [5.41, 5.74) is -1.24. The van der Waals surface area contributed by atoms with Gasteiger partial charge in [-0.2, -0.15) is 0 Å². The average Bonchev–Trinajstić information content (AvgIpc) is 3.22. The number of carbonyl (C=O) groups excluding carboxylic acids is 2. The van der Waals surface area contributed by atoms with E-state index in [-0.39, 0.29) is 24.7 Å². The third-order valence-corrected chi connectivity index (χ3v) is 6.16. The van der Waals surface area contributed by atoms with E-state index in [0.717, 1.165) is 12.0 Å². The van der Waals surface area contributed by atoms with Crippen molar-refractivity contribution < 1.29 is 19.8 Å². The first kappa shape index (κ1) is 19.0. The first-order valence-corrected chi connectivity index (χ1v) is 9.82. The second kappa shape index (κ2) is 6.60. The van der Waals surface area contributed by atoms with E-state index in [1.54, 1.807) is 23.1 Å². The Morgan fingerprint density at radius 1 is 1.29 bits per heavy atom. The lowest BCUT2D eigenvalue weighted by Crippen LogP contribution is -2.64. The second-order valence-electron chi connectivity index (χ2n) is 8.33. The average molecular weight is 385 g/mol. The molecule has 4 atom stereocenters. The van der Waals surface area contributed by atoms with Gasteiger partial charge in [-0.1, -0.05) is 29.8 Å². The van der Waals surface area contributed by atoms with Crippen LogP contribution in [0.2, 0.25) is 0 Å². The number of hydrogen-bond acceptors (Lipinski definition) is 5. The van der Waals surface area contributed by atoms with Crippen LogP contribution in [0.3, 0.4) is 0 Å². The zero-order valence-corrected chi connectivity index (χ0v) is 16.2. The number of nitrogens with zero attached hydrogens (tertiary/aromatic N) is 1. The fraction of sp³-hybridized carbons (Fsp3) is 0.524. The minimum absolute atomic E-state index is 0.0993. The molecule has 2 amide bonds. The molecule has 4 N–H and O–H groups in total. The van der Waals surface area contributed by atoms with E-state index < -0.39 is 23.4 Å². The lowest BCUT2D eigenvalue weighted by molar-refractivity contribution is -0.159. The molecule has 3 aliphatic heterocycles. The van der Waals surface area contributed by atoms with E-state index in [0.29, 0.717) is 24.2 Å². The smallest absolute Gasteiger partial charge is 0.245 e. The van der Waals surface area contributed by atoms with Crippen LogP contribution in [0.5, 0.6) is 0 Å². The van der Waals surface area contributed by atoms with Gasteiger partial charge in [0.1, 0.15) is 17.7 Å². The minimum Gasteiger partial charge on any atom is -0.380 e. The molecule has 2 unspecified atom stereocenters. The van der Waals surface area contributed by atoms with Crippen LogP contribution >= 0.6 is 0 Å². The fourth-order valence-electron chi connectivity index (χ4n) is 4.62. The van der Waals surface area contributed by atoms with Crippen LogP contribution in [0.4, 0.5) is 5.69 Å². The largest absolute Gasteiger partial charge is 0.380 e. The Hall–Kier alpha value is -2.38. The Morgan fingerprint density at radius 3 is 2.79 bits per heavy atom. The number of nitrogens with one attached hydrogen (secondary N) is 2. The number of piperazine rings is 1. The van der Waals surface area contributed by atoms with Gasteiger partial charge in [0.15, 0.2) is 5.72 Å². The number of carbonyl (C=O) groups is 2. The summed E-state index contributed by atoms with van der Waals surface area (Å²) in [7, 11) is 0. The van der Waals surface area contributed by atoms with Gasteiger partial charge in [-0.3, -0.25) is 9.59 Å². The van der Waals surface area contributed by atoms with Gasteiger partial charge in [0, 0.05) is 30.6 Å². The number of allylic oxidation sites excluding steroid dienone is 1. The first-order chi connectivity index (χ1) is 13.2. The number of benzene rings is 1. The van der Waals surface area contributed by atoms with Gasteiger partial charge in [-0.25, -0.2) is 0 Å². The number of anilines is 1. The third kappa shape index (κ3) is 2.81. The van der Waals surface area contributed by atoms with Crippen LogP contribution in [0.25, 0.3) is 0 Å². The molecular formula is C21H27N3O4. The van der Waals surface area contributed by atoms with Gasteiger partial charge in [-0.05, 0) is 32.8 Å². The Bertz CT molecular complexity index is 850. The number of hydrogen-bond donors (Lipinski definition) is 4. The molecule has 7 nitrogen and oxygen atoms in total. The Balaban J connectivity index is 1.69. The van der Waals surface area contributed by atoms with Crippen molar-refractivity contribution in [3.63, 3.8) is 0 Å².